The molecule has 4 nitrogen and oxygen atoms in total. The highest BCUT2D eigenvalue weighted by Gasteiger charge is 2.60. The van der Waals surface area contributed by atoms with Crippen LogP contribution in [0.3, 0.4) is 0 Å². The molecule has 2 aliphatic heterocycles. The molecule has 1 saturated heterocycles. The van der Waals surface area contributed by atoms with Crippen molar-refractivity contribution in [2.75, 3.05) is 14.2 Å². The normalized spacial score (nSPS) is 27.3. The van der Waals surface area contributed by atoms with Crippen molar-refractivity contribution in [1.29, 1.82) is 0 Å². The van der Waals surface area contributed by atoms with Gasteiger partial charge in [0, 0.05) is 5.92 Å². The molecule has 4 heteroatoms. The zero-order chi connectivity index (χ0) is 20.1. The summed E-state index contributed by atoms with van der Waals surface area (Å²) in [4.78, 5) is 12.6. The van der Waals surface area contributed by atoms with Crippen molar-refractivity contribution in [1.82, 2.24) is 0 Å². The van der Waals surface area contributed by atoms with Crippen LogP contribution >= 0.6 is 0 Å². The molecule has 0 saturated carbocycles. The van der Waals surface area contributed by atoms with E-state index in [1.54, 1.807) is 14.2 Å². The molecule has 2 heterocycles. The van der Waals surface area contributed by atoms with Crippen LogP contribution in [-0.2, 0) is 21.0 Å². The topological polar surface area (TPSA) is 36.9 Å². The van der Waals surface area contributed by atoms with Crippen molar-refractivity contribution in [3.63, 3.8) is 0 Å². The van der Waals surface area contributed by atoms with Gasteiger partial charge < -0.3 is 9.47 Å². The third-order valence-electron chi connectivity index (χ3n) is 6.44. The number of methoxy groups -OCH3 is 2. The van der Waals surface area contributed by atoms with E-state index in [9.17, 15) is 0 Å². The first-order chi connectivity index (χ1) is 14.1. The Morgan fingerprint density at radius 2 is 1.28 bits per heavy atom. The standard InChI is InChI=1S/C25H24O4/c1-17-16-24(18-8-12-20(26-2)13-9-18)22-6-4-5-7-23(22)25(17,29-28-24)19-10-14-21(27-3)15-11-19/h4-15,17H,16H2,1-3H3/t17-,24?,25?/m0/s1. The van der Waals surface area contributed by atoms with E-state index < -0.39 is 11.2 Å². The molecule has 0 radical (unpaired) electrons. The minimum atomic E-state index is -0.642. The summed E-state index contributed by atoms with van der Waals surface area (Å²) < 4.78 is 10.7. The van der Waals surface area contributed by atoms with Crippen LogP contribution in [0.2, 0.25) is 0 Å². The van der Waals surface area contributed by atoms with Gasteiger partial charge in [0.1, 0.15) is 11.5 Å². The summed E-state index contributed by atoms with van der Waals surface area (Å²) in [7, 11) is 3.35. The van der Waals surface area contributed by atoms with Crippen LogP contribution in [0.5, 0.6) is 11.5 Å². The Bertz CT molecular complexity index is 1030. The number of fused-ring (bicyclic) bond motifs is 2. The van der Waals surface area contributed by atoms with E-state index in [4.69, 9.17) is 19.2 Å². The average molecular weight is 388 g/mol. The molecule has 2 bridgehead atoms. The molecular weight excluding hydrogens is 364 g/mol. The molecule has 2 unspecified atom stereocenters. The van der Waals surface area contributed by atoms with Gasteiger partial charge in [-0.1, -0.05) is 55.5 Å². The van der Waals surface area contributed by atoms with E-state index >= 15 is 0 Å². The first kappa shape index (κ1) is 18.2. The van der Waals surface area contributed by atoms with Crippen molar-refractivity contribution in [3.05, 3.63) is 95.1 Å². The second-order valence-corrected chi connectivity index (χ2v) is 7.84. The Morgan fingerprint density at radius 1 is 0.724 bits per heavy atom. The molecule has 6 rings (SSSR count). The molecule has 0 amide bonds. The Morgan fingerprint density at radius 3 is 1.83 bits per heavy atom. The van der Waals surface area contributed by atoms with E-state index in [1.165, 1.54) is 0 Å². The minimum absolute atomic E-state index is 0.210. The van der Waals surface area contributed by atoms with Crippen molar-refractivity contribution in [2.24, 2.45) is 5.92 Å². The summed E-state index contributed by atoms with van der Waals surface area (Å²) in [6.45, 7) is 2.24. The largest absolute Gasteiger partial charge is 0.497 e. The highest BCUT2D eigenvalue weighted by atomic mass is 17.2. The molecule has 148 valence electrons. The molecular formula is C25H24O4. The first-order valence-electron chi connectivity index (χ1n) is 9.90. The minimum Gasteiger partial charge on any atom is -0.497 e. The third kappa shape index (κ3) is 2.46. The predicted octanol–water partition coefficient (Wildman–Crippen LogP) is 5.19. The van der Waals surface area contributed by atoms with Crippen LogP contribution in [0.25, 0.3) is 0 Å². The number of hydrogen-bond acceptors (Lipinski definition) is 4. The summed E-state index contributed by atoms with van der Waals surface area (Å²) in [6, 6.07) is 24.6. The highest BCUT2D eigenvalue weighted by Crippen LogP contribution is 2.60. The van der Waals surface area contributed by atoms with Gasteiger partial charge in [-0.05, 0) is 52.9 Å². The average Bonchev–Trinajstić information content (AvgIpc) is 2.80. The Kier molecular flexibility index (Phi) is 4.16. The molecule has 3 aromatic rings. The SMILES string of the molecule is COc1ccc(C23C[C@H](C)C(c4ccc(OC)cc4)(OO2)c2ccccc23)cc1. The third-order valence-corrected chi connectivity index (χ3v) is 6.44. The summed E-state index contributed by atoms with van der Waals surface area (Å²) in [5.41, 5.74) is 3.19. The first-order valence-corrected chi connectivity index (χ1v) is 9.90. The van der Waals surface area contributed by atoms with Crippen LogP contribution in [0.15, 0.2) is 72.8 Å². The predicted molar refractivity (Wildman–Crippen MR) is 110 cm³/mol. The molecule has 3 aromatic carbocycles. The lowest BCUT2D eigenvalue weighted by Gasteiger charge is -2.56. The van der Waals surface area contributed by atoms with Gasteiger partial charge in [0.2, 0.25) is 0 Å². The van der Waals surface area contributed by atoms with Gasteiger partial charge in [0.05, 0.1) is 14.2 Å². The number of benzene rings is 3. The fourth-order valence-corrected chi connectivity index (χ4v) is 4.96. The zero-order valence-electron chi connectivity index (χ0n) is 16.8. The number of rotatable bonds is 4. The molecule has 1 aliphatic carbocycles. The van der Waals surface area contributed by atoms with E-state index in [0.29, 0.717) is 0 Å². The van der Waals surface area contributed by atoms with Gasteiger partial charge in [-0.15, -0.1) is 0 Å². The maximum absolute atomic E-state index is 6.31. The van der Waals surface area contributed by atoms with Crippen LogP contribution in [0, 0.1) is 5.92 Å². The van der Waals surface area contributed by atoms with Crippen LogP contribution in [-0.4, -0.2) is 14.2 Å². The fourth-order valence-electron chi connectivity index (χ4n) is 4.96. The lowest BCUT2D eigenvalue weighted by atomic mass is 9.61. The maximum atomic E-state index is 6.31. The zero-order valence-corrected chi connectivity index (χ0v) is 16.8. The quantitative estimate of drug-likeness (QED) is 0.576. The van der Waals surface area contributed by atoms with Gasteiger partial charge in [-0.3, -0.25) is 0 Å². The fraction of sp³-hybridized carbons (Fsp3) is 0.280. The molecule has 0 spiro atoms. The van der Waals surface area contributed by atoms with Crippen LogP contribution < -0.4 is 9.47 Å². The van der Waals surface area contributed by atoms with Gasteiger partial charge in [-0.25, -0.2) is 9.78 Å². The summed E-state index contributed by atoms with van der Waals surface area (Å²) in [6.07, 6.45) is 0.822. The lowest BCUT2D eigenvalue weighted by molar-refractivity contribution is -0.456. The second kappa shape index (κ2) is 6.61. The van der Waals surface area contributed by atoms with E-state index in [0.717, 1.165) is 40.2 Å². The Balaban J connectivity index is 1.69. The van der Waals surface area contributed by atoms with Gasteiger partial charge in [0.25, 0.3) is 0 Å². The van der Waals surface area contributed by atoms with Crippen molar-refractivity contribution in [2.45, 2.75) is 24.5 Å². The summed E-state index contributed by atoms with van der Waals surface area (Å²) >= 11 is 0. The van der Waals surface area contributed by atoms with Gasteiger partial charge in [0.15, 0.2) is 11.2 Å². The number of hydrogen-bond donors (Lipinski definition) is 0. The van der Waals surface area contributed by atoms with Gasteiger partial charge in [-0.2, -0.15) is 0 Å². The van der Waals surface area contributed by atoms with Crippen molar-refractivity contribution < 1.29 is 19.2 Å². The van der Waals surface area contributed by atoms with Gasteiger partial charge >= 0.3 is 0 Å². The molecule has 29 heavy (non-hydrogen) atoms. The molecule has 0 aromatic heterocycles. The molecule has 3 aliphatic rings. The monoisotopic (exact) mass is 388 g/mol. The second-order valence-electron chi connectivity index (χ2n) is 7.84. The van der Waals surface area contributed by atoms with E-state index in [2.05, 4.69) is 55.5 Å². The van der Waals surface area contributed by atoms with E-state index in [1.807, 2.05) is 24.3 Å². The number of ether oxygens (including phenoxy) is 2. The molecule has 0 N–H and O–H groups in total. The lowest BCUT2D eigenvalue weighted by Crippen LogP contribution is -2.56. The summed E-state index contributed by atoms with van der Waals surface area (Å²) in [5.74, 6) is 1.86. The van der Waals surface area contributed by atoms with Crippen molar-refractivity contribution in [3.8, 4) is 11.5 Å². The Labute approximate surface area is 170 Å². The van der Waals surface area contributed by atoms with E-state index in [-0.39, 0.29) is 5.92 Å². The smallest absolute Gasteiger partial charge is 0.156 e. The Hall–Kier alpha value is -2.82. The summed E-state index contributed by atoms with van der Waals surface area (Å²) in [5, 5.41) is 0. The molecule has 1 fully saturated rings. The van der Waals surface area contributed by atoms with Crippen molar-refractivity contribution >= 4 is 0 Å². The maximum Gasteiger partial charge on any atom is 0.156 e. The van der Waals surface area contributed by atoms with Crippen LogP contribution in [0.4, 0.5) is 0 Å². The molecule has 3 atom stereocenters. The highest BCUT2D eigenvalue weighted by molar-refractivity contribution is 5.53. The van der Waals surface area contributed by atoms with Crippen LogP contribution in [0.1, 0.15) is 35.6 Å².